The number of hydrogen-bond acceptors (Lipinski definition) is 5. The number of carbonyl (C=O) groups excluding carboxylic acids is 2. The van der Waals surface area contributed by atoms with Crippen LogP contribution in [0.3, 0.4) is 0 Å². The first-order chi connectivity index (χ1) is 15.9. The molecule has 8 heteroatoms. The van der Waals surface area contributed by atoms with Gasteiger partial charge in [-0.3, -0.25) is 4.79 Å². The third kappa shape index (κ3) is 4.91. The average Bonchev–Trinajstić information content (AvgIpc) is 2.82. The molecule has 2 unspecified atom stereocenters. The van der Waals surface area contributed by atoms with Crippen molar-refractivity contribution in [1.29, 1.82) is 0 Å². The van der Waals surface area contributed by atoms with E-state index in [9.17, 15) is 22.8 Å². The van der Waals surface area contributed by atoms with Crippen LogP contribution in [0.4, 0.5) is 13.2 Å². The first kappa shape index (κ1) is 22.9. The lowest BCUT2D eigenvalue weighted by Gasteiger charge is -2.26. The highest BCUT2D eigenvalue weighted by Crippen LogP contribution is 2.33. The molecule has 2 aliphatic rings. The monoisotopic (exact) mass is 458 g/mol. The minimum atomic E-state index is -2.02. The van der Waals surface area contributed by atoms with Crippen molar-refractivity contribution in [2.45, 2.75) is 25.7 Å². The molecule has 33 heavy (non-hydrogen) atoms. The van der Waals surface area contributed by atoms with E-state index in [-0.39, 0.29) is 22.6 Å². The van der Waals surface area contributed by atoms with Gasteiger partial charge in [0.25, 0.3) is 0 Å². The highest BCUT2D eigenvalue weighted by Gasteiger charge is 2.31. The molecule has 1 aliphatic carbocycles. The third-order valence-corrected chi connectivity index (χ3v) is 5.44. The molecule has 2 atom stereocenters. The Kier molecular flexibility index (Phi) is 6.76. The molecule has 4 rings (SSSR count). The van der Waals surface area contributed by atoms with Crippen LogP contribution in [0, 0.1) is 11.7 Å². The summed E-state index contributed by atoms with van der Waals surface area (Å²) in [6.45, 7) is 1.49. The van der Waals surface area contributed by atoms with E-state index in [0.29, 0.717) is 36.2 Å². The van der Waals surface area contributed by atoms with E-state index in [1.165, 1.54) is 24.3 Å². The Morgan fingerprint density at radius 1 is 0.970 bits per heavy atom. The Balaban J connectivity index is 1.48. The zero-order valence-electron chi connectivity index (χ0n) is 17.7. The summed E-state index contributed by atoms with van der Waals surface area (Å²) in [6.07, 6.45) is -1.04. The Morgan fingerprint density at radius 2 is 1.61 bits per heavy atom. The van der Waals surface area contributed by atoms with Crippen LogP contribution in [0.1, 0.15) is 22.8 Å². The van der Waals surface area contributed by atoms with E-state index >= 15 is 0 Å². The fourth-order valence-corrected chi connectivity index (χ4v) is 3.57. The zero-order chi connectivity index (χ0) is 23.5. The largest absolute Gasteiger partial charge is 0.407 e. The number of alkyl halides is 2. The van der Waals surface area contributed by atoms with Crippen LogP contribution >= 0.6 is 0 Å². The second-order valence-corrected chi connectivity index (χ2v) is 7.95. The summed E-state index contributed by atoms with van der Waals surface area (Å²) in [7, 11) is 0. The van der Waals surface area contributed by atoms with Gasteiger partial charge in [-0.1, -0.05) is 49.4 Å². The third-order valence-electron chi connectivity index (χ3n) is 5.44. The van der Waals surface area contributed by atoms with Crippen molar-refractivity contribution in [1.82, 2.24) is 0 Å². The van der Waals surface area contributed by atoms with Gasteiger partial charge in [0.2, 0.25) is 0 Å². The van der Waals surface area contributed by atoms with E-state index in [1.54, 1.807) is 30.3 Å². The van der Waals surface area contributed by atoms with Crippen molar-refractivity contribution >= 4 is 17.8 Å². The van der Waals surface area contributed by atoms with Crippen molar-refractivity contribution in [2.24, 2.45) is 5.92 Å². The van der Waals surface area contributed by atoms with Gasteiger partial charge in [-0.2, -0.15) is 0 Å². The maximum absolute atomic E-state index is 14.6. The lowest BCUT2D eigenvalue weighted by molar-refractivity contribution is -0.297. The number of carbonyl (C=O) groups is 2. The van der Waals surface area contributed by atoms with Gasteiger partial charge in [-0.25, -0.2) is 18.0 Å². The Bertz CT molecular complexity index is 1100. The second kappa shape index (κ2) is 9.72. The zero-order valence-corrected chi connectivity index (χ0v) is 17.7. The highest BCUT2D eigenvalue weighted by molar-refractivity contribution is 5.90. The highest BCUT2D eigenvalue weighted by atomic mass is 19.2. The summed E-state index contributed by atoms with van der Waals surface area (Å²) in [6, 6.07) is 10.5. The lowest BCUT2D eigenvalue weighted by Crippen LogP contribution is -2.34. The summed E-state index contributed by atoms with van der Waals surface area (Å²) in [4.78, 5) is 23.1. The molecule has 0 bridgehead atoms. The van der Waals surface area contributed by atoms with Gasteiger partial charge in [0.1, 0.15) is 12.1 Å². The molecule has 172 valence electrons. The standard InChI is InChI=1S/C25H21F3O5/c1-14-12-31-25(32-13-14)33-24(30)20-9-6-17(10-21(20)26)15-2-4-16(5-3-15)19-8-7-18(11-29)22(27)23(19)28/h2-11,14,22-23,25H,12-13H2,1H3. The topological polar surface area (TPSA) is 61.8 Å². The first-order valence-electron chi connectivity index (χ1n) is 10.4. The van der Waals surface area contributed by atoms with E-state index in [2.05, 4.69) is 0 Å². The van der Waals surface area contributed by atoms with Crippen molar-refractivity contribution in [3.8, 4) is 11.1 Å². The van der Waals surface area contributed by atoms with Crippen molar-refractivity contribution in [3.05, 3.63) is 77.1 Å². The second-order valence-electron chi connectivity index (χ2n) is 7.95. The summed E-state index contributed by atoms with van der Waals surface area (Å²) in [5.74, 6) is -1.51. The van der Waals surface area contributed by atoms with Gasteiger partial charge in [0.05, 0.1) is 18.8 Å². The number of benzene rings is 2. The van der Waals surface area contributed by atoms with Crippen molar-refractivity contribution < 1.29 is 37.0 Å². The number of ether oxygens (including phenoxy) is 3. The SMILES string of the molecule is CC1COC(OC(=O)c2ccc(-c3ccc(C4=CC=C(C=O)C(F)C4F)cc3)cc2F)OC1. The molecule has 1 heterocycles. The fraction of sp³-hybridized carbons (Fsp3) is 0.280. The van der Waals surface area contributed by atoms with E-state index < -0.39 is 30.6 Å². The van der Waals surface area contributed by atoms with Crippen LogP contribution in [0.25, 0.3) is 16.7 Å². The predicted octanol–water partition coefficient (Wildman–Crippen LogP) is 4.81. The van der Waals surface area contributed by atoms with Gasteiger partial charge in [0.15, 0.2) is 12.3 Å². The normalized spacial score (nSPS) is 25.1. The van der Waals surface area contributed by atoms with E-state index in [1.807, 2.05) is 6.92 Å². The lowest BCUT2D eigenvalue weighted by atomic mass is 9.90. The smallest absolute Gasteiger partial charge is 0.345 e. The number of allylic oxidation sites excluding steroid dienone is 4. The predicted molar refractivity (Wildman–Crippen MR) is 114 cm³/mol. The van der Waals surface area contributed by atoms with Crippen molar-refractivity contribution in [2.75, 3.05) is 13.2 Å². The average molecular weight is 458 g/mol. The number of aldehydes is 1. The van der Waals surface area contributed by atoms with Gasteiger partial charge < -0.3 is 14.2 Å². The van der Waals surface area contributed by atoms with Crippen LogP contribution in [0.2, 0.25) is 0 Å². The minimum absolute atomic E-state index is 0.116. The van der Waals surface area contributed by atoms with Gasteiger partial charge in [0, 0.05) is 11.5 Å². The molecule has 1 saturated heterocycles. The number of hydrogen-bond donors (Lipinski definition) is 0. The van der Waals surface area contributed by atoms with Crippen LogP contribution in [0.5, 0.6) is 0 Å². The van der Waals surface area contributed by atoms with Crippen LogP contribution in [0.15, 0.2) is 60.2 Å². The molecule has 0 radical (unpaired) electrons. The quantitative estimate of drug-likeness (QED) is 0.475. The minimum Gasteiger partial charge on any atom is -0.407 e. The molecule has 0 amide bonds. The Morgan fingerprint density at radius 3 is 2.24 bits per heavy atom. The van der Waals surface area contributed by atoms with Crippen LogP contribution in [-0.2, 0) is 19.0 Å². The maximum Gasteiger partial charge on any atom is 0.345 e. The summed E-state index contributed by atoms with van der Waals surface area (Å²) >= 11 is 0. The number of rotatable bonds is 5. The van der Waals surface area contributed by atoms with Gasteiger partial charge in [-0.15, -0.1) is 0 Å². The number of esters is 1. The molecule has 0 saturated carbocycles. The Labute approximate surface area is 188 Å². The fourth-order valence-electron chi connectivity index (χ4n) is 3.57. The molecule has 1 aliphatic heterocycles. The van der Waals surface area contributed by atoms with E-state index in [4.69, 9.17) is 14.2 Å². The summed E-state index contributed by atoms with van der Waals surface area (Å²) < 4.78 is 58.6. The molecule has 1 fully saturated rings. The first-order valence-corrected chi connectivity index (χ1v) is 10.4. The van der Waals surface area contributed by atoms with Crippen LogP contribution in [-0.4, -0.2) is 44.3 Å². The molecule has 0 aromatic heterocycles. The molecular weight excluding hydrogens is 437 g/mol. The van der Waals surface area contributed by atoms with Gasteiger partial charge >= 0.3 is 12.4 Å². The number of halogens is 3. The molecule has 2 aromatic rings. The van der Waals surface area contributed by atoms with Gasteiger partial charge in [-0.05, 0) is 34.4 Å². The molecule has 0 N–H and O–H groups in total. The van der Waals surface area contributed by atoms with E-state index in [0.717, 1.165) is 0 Å². The Hall–Kier alpha value is -3.23. The maximum atomic E-state index is 14.6. The summed E-state index contributed by atoms with van der Waals surface area (Å²) in [5, 5.41) is 0. The summed E-state index contributed by atoms with van der Waals surface area (Å²) in [5.41, 5.74) is 1.14. The molecule has 2 aromatic carbocycles. The van der Waals surface area contributed by atoms with Crippen molar-refractivity contribution in [3.63, 3.8) is 0 Å². The molecule has 0 spiro atoms. The van der Waals surface area contributed by atoms with Crippen LogP contribution < -0.4 is 0 Å². The molecular formula is C25H21F3O5. The molecule has 5 nitrogen and oxygen atoms in total.